The summed E-state index contributed by atoms with van der Waals surface area (Å²) in [6, 6.07) is 0. The van der Waals surface area contributed by atoms with Gasteiger partial charge in [0.15, 0.2) is 0 Å². The fourth-order valence-corrected chi connectivity index (χ4v) is 1.52. The summed E-state index contributed by atoms with van der Waals surface area (Å²) in [6.07, 6.45) is 1.03. The second-order valence-corrected chi connectivity index (χ2v) is 4.89. The number of nitrogens with two attached hydrogens (primary N) is 1. The molecule has 0 spiro atoms. The Morgan fingerprint density at radius 1 is 1.47 bits per heavy atom. The molecular formula is C12H24N4O. The third-order valence-electron chi connectivity index (χ3n) is 2.84. The number of nitrogens with zero attached hydrogens (tertiary/aromatic N) is 2. The van der Waals surface area contributed by atoms with Gasteiger partial charge in [0.25, 0.3) is 0 Å². The minimum absolute atomic E-state index is 0.221. The van der Waals surface area contributed by atoms with Gasteiger partial charge in [0.05, 0.1) is 17.0 Å². The summed E-state index contributed by atoms with van der Waals surface area (Å²) in [6.45, 7) is 9.67. The van der Waals surface area contributed by atoms with Crippen LogP contribution in [0.15, 0.2) is 0 Å². The molecule has 0 fully saturated rings. The second kappa shape index (κ2) is 5.40. The van der Waals surface area contributed by atoms with Crippen molar-refractivity contribution >= 4 is 11.5 Å². The number of methoxy groups -OCH3 is 1. The van der Waals surface area contributed by atoms with Gasteiger partial charge in [-0.1, -0.05) is 6.92 Å². The van der Waals surface area contributed by atoms with Crippen LogP contribution in [0, 0.1) is 6.92 Å². The van der Waals surface area contributed by atoms with Gasteiger partial charge < -0.3 is 15.8 Å². The molecule has 0 radical (unpaired) electrons. The molecule has 0 saturated carbocycles. The summed E-state index contributed by atoms with van der Waals surface area (Å²) in [7, 11) is 1.71. The third-order valence-corrected chi connectivity index (χ3v) is 2.84. The van der Waals surface area contributed by atoms with E-state index >= 15 is 0 Å². The van der Waals surface area contributed by atoms with E-state index in [1.54, 1.807) is 7.11 Å². The number of aromatic nitrogens is 2. The van der Waals surface area contributed by atoms with Crippen LogP contribution in [-0.4, -0.2) is 29.0 Å². The molecule has 1 aromatic rings. The first-order chi connectivity index (χ1) is 7.91. The van der Waals surface area contributed by atoms with Gasteiger partial charge in [-0.2, -0.15) is 5.10 Å². The summed E-state index contributed by atoms with van der Waals surface area (Å²) >= 11 is 0. The van der Waals surface area contributed by atoms with Crippen molar-refractivity contribution in [2.24, 2.45) is 0 Å². The number of hydrogen-bond acceptors (Lipinski definition) is 4. The van der Waals surface area contributed by atoms with Crippen LogP contribution in [-0.2, 0) is 11.3 Å². The van der Waals surface area contributed by atoms with Gasteiger partial charge >= 0.3 is 0 Å². The zero-order valence-corrected chi connectivity index (χ0v) is 11.5. The average Bonchev–Trinajstić information content (AvgIpc) is 2.53. The molecule has 0 saturated heterocycles. The molecule has 0 unspecified atom stereocenters. The first kappa shape index (κ1) is 13.8. The smallest absolute Gasteiger partial charge is 0.148 e. The zero-order chi connectivity index (χ0) is 13.1. The van der Waals surface area contributed by atoms with E-state index in [0.29, 0.717) is 6.54 Å². The number of hydrogen-bond donors (Lipinski definition) is 2. The third kappa shape index (κ3) is 3.36. The van der Waals surface area contributed by atoms with E-state index in [1.165, 1.54) is 0 Å². The maximum Gasteiger partial charge on any atom is 0.148 e. The van der Waals surface area contributed by atoms with E-state index in [1.807, 2.05) is 25.5 Å². The summed E-state index contributed by atoms with van der Waals surface area (Å²) in [4.78, 5) is 0. The van der Waals surface area contributed by atoms with Gasteiger partial charge in [-0.05, 0) is 27.2 Å². The van der Waals surface area contributed by atoms with E-state index in [2.05, 4.69) is 17.3 Å². The largest absolute Gasteiger partial charge is 0.394 e. The normalized spacial score (nSPS) is 11.8. The van der Waals surface area contributed by atoms with Gasteiger partial charge in [-0.3, -0.25) is 0 Å². The first-order valence-corrected chi connectivity index (χ1v) is 6.03. The Morgan fingerprint density at radius 3 is 2.65 bits per heavy atom. The number of ether oxygens (including phenoxy) is 1. The minimum Gasteiger partial charge on any atom is -0.394 e. The van der Waals surface area contributed by atoms with Crippen molar-refractivity contribution in [1.29, 1.82) is 0 Å². The van der Waals surface area contributed by atoms with Gasteiger partial charge in [0.1, 0.15) is 5.82 Å². The van der Waals surface area contributed by atoms with Crippen LogP contribution in [0.4, 0.5) is 11.5 Å². The molecule has 1 rings (SSSR count). The molecule has 0 aliphatic rings. The van der Waals surface area contributed by atoms with Gasteiger partial charge in [0.2, 0.25) is 0 Å². The highest BCUT2D eigenvalue weighted by atomic mass is 16.5. The van der Waals surface area contributed by atoms with E-state index in [9.17, 15) is 0 Å². The van der Waals surface area contributed by atoms with Crippen molar-refractivity contribution in [2.75, 3.05) is 24.7 Å². The van der Waals surface area contributed by atoms with Crippen molar-refractivity contribution in [2.45, 2.75) is 46.3 Å². The molecule has 5 nitrogen and oxygen atoms in total. The van der Waals surface area contributed by atoms with Gasteiger partial charge in [0, 0.05) is 20.2 Å². The van der Waals surface area contributed by atoms with Crippen LogP contribution in [0.25, 0.3) is 0 Å². The lowest BCUT2D eigenvalue weighted by atomic mass is 10.1. The molecule has 1 heterocycles. The Morgan fingerprint density at radius 2 is 2.12 bits per heavy atom. The lowest BCUT2D eigenvalue weighted by molar-refractivity contribution is 0.0342. The zero-order valence-electron chi connectivity index (χ0n) is 11.5. The van der Waals surface area contributed by atoms with E-state index in [0.717, 1.165) is 30.2 Å². The molecule has 0 atom stereocenters. The van der Waals surface area contributed by atoms with Crippen LogP contribution < -0.4 is 11.1 Å². The van der Waals surface area contributed by atoms with Crippen molar-refractivity contribution in [3.63, 3.8) is 0 Å². The molecule has 0 aliphatic carbocycles. The summed E-state index contributed by atoms with van der Waals surface area (Å²) in [5, 5.41) is 7.74. The number of aryl methyl sites for hydroxylation is 2. The molecule has 1 aromatic heterocycles. The number of rotatable bonds is 6. The Kier molecular flexibility index (Phi) is 4.40. The van der Waals surface area contributed by atoms with Crippen LogP contribution in [0.1, 0.15) is 32.9 Å². The number of nitrogen functional groups attached to an aromatic ring is 1. The maximum atomic E-state index is 6.02. The van der Waals surface area contributed by atoms with Crippen LogP contribution >= 0.6 is 0 Å². The minimum atomic E-state index is -0.221. The quantitative estimate of drug-likeness (QED) is 0.798. The predicted octanol–water partition coefficient (Wildman–Crippen LogP) is 2.02. The monoisotopic (exact) mass is 240 g/mol. The molecule has 98 valence electrons. The van der Waals surface area contributed by atoms with Crippen LogP contribution in [0.5, 0.6) is 0 Å². The molecule has 0 aromatic carbocycles. The second-order valence-electron chi connectivity index (χ2n) is 4.89. The van der Waals surface area contributed by atoms with Crippen molar-refractivity contribution < 1.29 is 4.74 Å². The predicted molar refractivity (Wildman–Crippen MR) is 71.2 cm³/mol. The standard InChI is InChI=1S/C12H24N4O/c1-6-7-16-11(10(13)9(2)15-16)14-8-12(3,4)17-5/h14H,6-8,13H2,1-5H3. The van der Waals surface area contributed by atoms with Crippen LogP contribution in [0.3, 0.4) is 0 Å². The average molecular weight is 240 g/mol. The highest BCUT2D eigenvalue weighted by molar-refractivity contribution is 5.64. The highest BCUT2D eigenvalue weighted by Gasteiger charge is 2.19. The lowest BCUT2D eigenvalue weighted by Gasteiger charge is -2.24. The van der Waals surface area contributed by atoms with Crippen molar-refractivity contribution in [1.82, 2.24) is 9.78 Å². The molecule has 5 heteroatoms. The van der Waals surface area contributed by atoms with E-state index in [4.69, 9.17) is 10.5 Å². The fourth-order valence-electron chi connectivity index (χ4n) is 1.52. The van der Waals surface area contributed by atoms with E-state index in [-0.39, 0.29) is 5.60 Å². The van der Waals surface area contributed by atoms with Crippen LogP contribution in [0.2, 0.25) is 0 Å². The molecular weight excluding hydrogens is 216 g/mol. The SMILES string of the molecule is CCCn1nc(C)c(N)c1NCC(C)(C)OC. The number of anilines is 2. The Labute approximate surface area is 103 Å². The summed E-state index contributed by atoms with van der Waals surface area (Å²) in [5.74, 6) is 0.898. The summed E-state index contributed by atoms with van der Waals surface area (Å²) in [5.41, 5.74) is 7.40. The fraction of sp³-hybridized carbons (Fsp3) is 0.750. The molecule has 0 aliphatic heterocycles. The maximum absolute atomic E-state index is 6.02. The molecule has 0 bridgehead atoms. The Balaban J connectivity index is 2.82. The van der Waals surface area contributed by atoms with Crippen molar-refractivity contribution in [3.05, 3.63) is 5.69 Å². The van der Waals surface area contributed by atoms with Crippen molar-refractivity contribution in [3.8, 4) is 0 Å². The molecule has 0 amide bonds. The van der Waals surface area contributed by atoms with Gasteiger partial charge in [-0.15, -0.1) is 0 Å². The Bertz CT molecular complexity index is 371. The van der Waals surface area contributed by atoms with E-state index < -0.39 is 0 Å². The molecule has 17 heavy (non-hydrogen) atoms. The molecule has 3 N–H and O–H groups in total. The Hall–Kier alpha value is -1.23. The first-order valence-electron chi connectivity index (χ1n) is 6.03. The topological polar surface area (TPSA) is 65.1 Å². The summed E-state index contributed by atoms with van der Waals surface area (Å²) < 4.78 is 7.30. The lowest BCUT2D eigenvalue weighted by Crippen LogP contribution is -2.32. The number of nitrogens with one attached hydrogen (secondary N) is 1. The highest BCUT2D eigenvalue weighted by Crippen LogP contribution is 2.23. The van der Waals surface area contributed by atoms with Gasteiger partial charge in [-0.25, -0.2) is 4.68 Å².